The van der Waals surface area contributed by atoms with Crippen molar-refractivity contribution >= 4 is 31.3 Å². The zero-order valence-electron chi connectivity index (χ0n) is 10.6. The Bertz CT molecular complexity index is 793. The molecule has 1 aromatic carbocycles. The molecule has 0 saturated heterocycles. The van der Waals surface area contributed by atoms with Gasteiger partial charge < -0.3 is 0 Å². The van der Waals surface area contributed by atoms with Gasteiger partial charge in [0.1, 0.15) is 11.6 Å². The van der Waals surface area contributed by atoms with E-state index < -0.39 is 25.8 Å². The molecule has 0 saturated carbocycles. The average molecular weight is 356 g/mol. The molecule has 2 rings (SSSR count). The average Bonchev–Trinajstić information content (AvgIpc) is 2.78. The SMILES string of the molecule is CCCn1c(-c2cc(F)c(Cl)cc2F)nnc1S(=O)(=O)Cl. The summed E-state index contributed by atoms with van der Waals surface area (Å²) < 4.78 is 51.4. The summed E-state index contributed by atoms with van der Waals surface area (Å²) in [6.07, 6.45) is 0.516. The topological polar surface area (TPSA) is 64.8 Å². The molecular weight excluding hydrogens is 347 g/mol. The monoisotopic (exact) mass is 355 g/mol. The minimum Gasteiger partial charge on any atom is -0.297 e. The fourth-order valence-electron chi connectivity index (χ4n) is 1.79. The summed E-state index contributed by atoms with van der Waals surface area (Å²) in [7, 11) is 1.10. The Morgan fingerprint density at radius 1 is 1.24 bits per heavy atom. The van der Waals surface area contributed by atoms with E-state index in [9.17, 15) is 17.2 Å². The predicted molar refractivity (Wildman–Crippen MR) is 73.7 cm³/mol. The number of aromatic nitrogens is 3. The van der Waals surface area contributed by atoms with Crippen molar-refractivity contribution in [2.24, 2.45) is 0 Å². The molecule has 5 nitrogen and oxygen atoms in total. The lowest BCUT2D eigenvalue weighted by molar-refractivity contribution is 0.567. The van der Waals surface area contributed by atoms with Crippen LogP contribution in [0.4, 0.5) is 8.78 Å². The second kappa shape index (κ2) is 5.86. The highest BCUT2D eigenvalue weighted by Gasteiger charge is 2.25. The smallest absolute Gasteiger partial charge is 0.296 e. The van der Waals surface area contributed by atoms with Crippen molar-refractivity contribution in [1.82, 2.24) is 14.8 Å². The van der Waals surface area contributed by atoms with E-state index in [1.54, 1.807) is 6.92 Å². The van der Waals surface area contributed by atoms with Crippen molar-refractivity contribution in [2.75, 3.05) is 0 Å². The third-order valence-corrected chi connectivity index (χ3v) is 4.07. The maximum atomic E-state index is 13.9. The molecule has 2 aromatic rings. The lowest BCUT2D eigenvalue weighted by Crippen LogP contribution is -2.08. The molecule has 0 amide bonds. The largest absolute Gasteiger partial charge is 0.297 e. The first-order chi connectivity index (χ1) is 9.75. The van der Waals surface area contributed by atoms with Crippen molar-refractivity contribution in [3.8, 4) is 11.4 Å². The van der Waals surface area contributed by atoms with E-state index in [1.165, 1.54) is 0 Å². The Kier molecular flexibility index (Phi) is 4.50. The molecule has 0 radical (unpaired) electrons. The summed E-state index contributed by atoms with van der Waals surface area (Å²) in [5.74, 6) is -1.83. The quantitative estimate of drug-likeness (QED) is 0.623. The van der Waals surface area contributed by atoms with Crippen molar-refractivity contribution in [1.29, 1.82) is 0 Å². The first-order valence-corrected chi connectivity index (χ1v) is 8.47. The third-order valence-electron chi connectivity index (χ3n) is 2.63. The molecule has 0 N–H and O–H groups in total. The molecule has 1 heterocycles. The molecule has 0 unspecified atom stereocenters. The van der Waals surface area contributed by atoms with Crippen molar-refractivity contribution in [3.05, 3.63) is 28.8 Å². The molecular formula is C11H9Cl2F2N3O2S. The van der Waals surface area contributed by atoms with Crippen LogP contribution in [0.25, 0.3) is 11.4 Å². The van der Waals surface area contributed by atoms with Crippen LogP contribution in [0.2, 0.25) is 5.02 Å². The highest BCUT2D eigenvalue weighted by atomic mass is 35.7. The molecule has 0 atom stereocenters. The fourth-order valence-corrected chi connectivity index (χ4v) is 2.86. The fraction of sp³-hybridized carbons (Fsp3) is 0.273. The van der Waals surface area contributed by atoms with E-state index in [2.05, 4.69) is 10.2 Å². The van der Waals surface area contributed by atoms with Gasteiger partial charge in [0.05, 0.1) is 10.6 Å². The van der Waals surface area contributed by atoms with Crippen LogP contribution in [0.1, 0.15) is 13.3 Å². The van der Waals surface area contributed by atoms with Crippen LogP contribution in [-0.2, 0) is 15.6 Å². The molecule has 1 aromatic heterocycles. The van der Waals surface area contributed by atoms with E-state index in [1.807, 2.05) is 0 Å². The normalized spacial score (nSPS) is 11.9. The highest BCUT2D eigenvalue weighted by molar-refractivity contribution is 8.13. The molecule has 0 spiro atoms. The number of benzene rings is 1. The number of rotatable bonds is 4. The van der Waals surface area contributed by atoms with Crippen LogP contribution in [-0.4, -0.2) is 23.2 Å². The number of hydrogen-bond donors (Lipinski definition) is 0. The molecule has 0 aliphatic rings. The van der Waals surface area contributed by atoms with Crippen LogP contribution in [0.5, 0.6) is 0 Å². The van der Waals surface area contributed by atoms with Gasteiger partial charge >= 0.3 is 0 Å². The second-order valence-corrected chi connectivity index (χ2v) is 7.01. The van der Waals surface area contributed by atoms with Crippen molar-refractivity contribution in [3.63, 3.8) is 0 Å². The summed E-state index contributed by atoms with van der Waals surface area (Å²) in [5.41, 5.74) is -0.246. The molecule has 21 heavy (non-hydrogen) atoms. The second-order valence-electron chi connectivity index (χ2n) is 4.14. The van der Waals surface area contributed by atoms with Gasteiger partial charge in [-0.2, -0.15) is 0 Å². The Balaban J connectivity index is 2.70. The Morgan fingerprint density at radius 2 is 1.90 bits per heavy atom. The van der Waals surface area contributed by atoms with Gasteiger partial charge in [-0.25, -0.2) is 17.2 Å². The third kappa shape index (κ3) is 3.17. The van der Waals surface area contributed by atoms with Gasteiger partial charge in [-0.15, -0.1) is 10.2 Å². The van der Waals surface area contributed by atoms with E-state index in [0.29, 0.717) is 6.42 Å². The van der Waals surface area contributed by atoms with Crippen LogP contribution in [0, 0.1) is 11.6 Å². The minimum atomic E-state index is -4.15. The lowest BCUT2D eigenvalue weighted by Gasteiger charge is -2.08. The predicted octanol–water partition coefficient (Wildman–Crippen LogP) is 3.21. The van der Waals surface area contributed by atoms with Crippen molar-refractivity contribution < 1.29 is 17.2 Å². The Hall–Kier alpha value is -1.25. The van der Waals surface area contributed by atoms with Crippen LogP contribution >= 0.6 is 22.3 Å². The molecule has 0 aliphatic heterocycles. The zero-order chi connectivity index (χ0) is 15.8. The molecule has 10 heteroatoms. The molecule has 0 fully saturated rings. The zero-order valence-corrected chi connectivity index (χ0v) is 13.0. The van der Waals surface area contributed by atoms with Gasteiger partial charge in [0.25, 0.3) is 14.2 Å². The summed E-state index contributed by atoms with van der Waals surface area (Å²) >= 11 is 5.48. The maximum Gasteiger partial charge on any atom is 0.296 e. The van der Waals surface area contributed by atoms with Crippen LogP contribution in [0.3, 0.4) is 0 Å². The van der Waals surface area contributed by atoms with Crippen molar-refractivity contribution in [2.45, 2.75) is 25.0 Å². The molecule has 0 bridgehead atoms. The number of halogens is 4. The van der Waals surface area contributed by atoms with Gasteiger partial charge in [0, 0.05) is 17.2 Å². The van der Waals surface area contributed by atoms with Gasteiger partial charge in [-0.05, 0) is 18.6 Å². The highest BCUT2D eigenvalue weighted by Crippen LogP contribution is 2.28. The first-order valence-electron chi connectivity index (χ1n) is 5.78. The van der Waals surface area contributed by atoms with Gasteiger partial charge in [-0.3, -0.25) is 4.57 Å². The van der Waals surface area contributed by atoms with Gasteiger partial charge in [0.2, 0.25) is 0 Å². The van der Waals surface area contributed by atoms with E-state index in [4.69, 9.17) is 22.3 Å². The number of nitrogens with zero attached hydrogens (tertiary/aromatic N) is 3. The summed E-state index contributed by atoms with van der Waals surface area (Å²) in [6, 6.07) is 1.62. The summed E-state index contributed by atoms with van der Waals surface area (Å²) in [5, 5.41) is 6.15. The van der Waals surface area contributed by atoms with Gasteiger partial charge in [0.15, 0.2) is 5.82 Å². The summed E-state index contributed by atoms with van der Waals surface area (Å²) in [6.45, 7) is 1.94. The summed E-state index contributed by atoms with van der Waals surface area (Å²) in [4.78, 5) is 0. The first kappa shape index (κ1) is 16.1. The van der Waals surface area contributed by atoms with Crippen LogP contribution < -0.4 is 0 Å². The van der Waals surface area contributed by atoms with E-state index in [-0.39, 0.29) is 23.0 Å². The Labute approximate surface area is 128 Å². The Morgan fingerprint density at radius 3 is 2.48 bits per heavy atom. The van der Waals surface area contributed by atoms with Crippen LogP contribution in [0.15, 0.2) is 17.3 Å². The lowest BCUT2D eigenvalue weighted by atomic mass is 10.2. The minimum absolute atomic E-state index is 0.135. The standard InChI is InChI=1S/C11H9Cl2F2N3O2S/c1-2-3-18-10(16-17-11(18)21(13,19)20)6-4-9(15)7(12)5-8(6)14/h4-5H,2-3H2,1H3. The van der Waals surface area contributed by atoms with Gasteiger partial charge in [-0.1, -0.05) is 18.5 Å². The van der Waals surface area contributed by atoms with E-state index >= 15 is 0 Å². The van der Waals surface area contributed by atoms with E-state index in [0.717, 1.165) is 16.7 Å². The number of hydrogen-bond acceptors (Lipinski definition) is 4. The molecule has 114 valence electrons. The maximum absolute atomic E-state index is 13.9. The molecule has 0 aliphatic carbocycles.